The molecule has 0 bridgehead atoms. The van der Waals surface area contributed by atoms with E-state index in [0.29, 0.717) is 29.3 Å². The first-order valence-electron chi connectivity index (χ1n) is 9.10. The van der Waals surface area contributed by atoms with E-state index < -0.39 is 0 Å². The summed E-state index contributed by atoms with van der Waals surface area (Å²) in [5.74, 6) is 0.885. The lowest BCUT2D eigenvalue weighted by molar-refractivity contribution is 0.241. The highest BCUT2D eigenvalue weighted by Crippen LogP contribution is 2.26. The summed E-state index contributed by atoms with van der Waals surface area (Å²) in [7, 11) is 0. The van der Waals surface area contributed by atoms with Crippen molar-refractivity contribution < 1.29 is 9.57 Å². The topological polar surface area (TPSA) is 67.0 Å². The van der Waals surface area contributed by atoms with Gasteiger partial charge in [0.2, 0.25) is 0 Å². The van der Waals surface area contributed by atoms with Crippen LogP contribution >= 0.6 is 0 Å². The van der Waals surface area contributed by atoms with E-state index in [0.717, 1.165) is 12.8 Å². The number of aliphatic imine (C=N–C) groups is 1. The molecule has 0 aromatic heterocycles. The Bertz CT molecular complexity index is 910. The third kappa shape index (κ3) is 4.35. The molecule has 0 radical (unpaired) electrons. The second-order valence-corrected chi connectivity index (χ2v) is 6.74. The van der Waals surface area contributed by atoms with Gasteiger partial charge < -0.3 is 9.57 Å². The molecule has 0 saturated carbocycles. The zero-order valence-electron chi connectivity index (χ0n) is 15.7. The van der Waals surface area contributed by atoms with Gasteiger partial charge in [-0.3, -0.25) is 0 Å². The van der Waals surface area contributed by atoms with Gasteiger partial charge in [-0.15, -0.1) is 0 Å². The molecule has 1 aliphatic rings. The van der Waals surface area contributed by atoms with Gasteiger partial charge in [-0.2, -0.15) is 5.26 Å². The SMILES string of the molecule is C=NO/C(=N\Cc1cccc2c1CCC2)c1ccc(OC(C)C)c(C#N)c1. The normalized spacial score (nSPS) is 13.2. The average Bonchev–Trinajstić information content (AvgIpc) is 3.14. The fourth-order valence-electron chi connectivity index (χ4n) is 3.34. The minimum absolute atomic E-state index is 0.0117. The zero-order valence-corrected chi connectivity index (χ0v) is 15.7. The Morgan fingerprint density at radius 1 is 1.26 bits per heavy atom. The summed E-state index contributed by atoms with van der Waals surface area (Å²) in [6.45, 7) is 7.74. The summed E-state index contributed by atoms with van der Waals surface area (Å²) in [6, 6.07) is 13.8. The summed E-state index contributed by atoms with van der Waals surface area (Å²) in [5, 5.41) is 13.0. The minimum Gasteiger partial charge on any atom is -0.490 e. The first-order valence-corrected chi connectivity index (χ1v) is 9.10. The van der Waals surface area contributed by atoms with E-state index in [-0.39, 0.29) is 6.10 Å². The molecule has 0 spiro atoms. The number of rotatable bonds is 6. The second kappa shape index (κ2) is 8.50. The number of hydrogen-bond donors (Lipinski definition) is 0. The lowest BCUT2D eigenvalue weighted by Gasteiger charge is -2.12. The van der Waals surface area contributed by atoms with Crippen molar-refractivity contribution in [3.63, 3.8) is 0 Å². The lowest BCUT2D eigenvalue weighted by Crippen LogP contribution is -2.09. The number of fused-ring (bicyclic) bond motifs is 1. The summed E-state index contributed by atoms with van der Waals surface area (Å²) in [4.78, 5) is 9.91. The Morgan fingerprint density at radius 3 is 2.85 bits per heavy atom. The molecule has 1 aliphatic carbocycles. The number of ether oxygens (including phenoxy) is 1. The van der Waals surface area contributed by atoms with Crippen LogP contribution in [0.3, 0.4) is 0 Å². The van der Waals surface area contributed by atoms with Crippen molar-refractivity contribution in [3.05, 3.63) is 64.2 Å². The van der Waals surface area contributed by atoms with Crippen molar-refractivity contribution in [3.8, 4) is 11.8 Å². The summed E-state index contributed by atoms with van der Waals surface area (Å²) in [5.41, 5.74) is 5.11. The van der Waals surface area contributed by atoms with E-state index in [4.69, 9.17) is 9.57 Å². The van der Waals surface area contributed by atoms with Gasteiger partial charge in [0.1, 0.15) is 11.8 Å². The number of aryl methyl sites for hydroxylation is 1. The van der Waals surface area contributed by atoms with Crippen LogP contribution in [0.4, 0.5) is 0 Å². The Hall–Kier alpha value is -3.13. The molecule has 138 valence electrons. The van der Waals surface area contributed by atoms with Crippen LogP contribution in [0.2, 0.25) is 0 Å². The molecular formula is C22H23N3O2. The third-order valence-electron chi connectivity index (χ3n) is 4.50. The summed E-state index contributed by atoms with van der Waals surface area (Å²) >= 11 is 0. The van der Waals surface area contributed by atoms with Crippen LogP contribution in [0, 0.1) is 11.3 Å². The van der Waals surface area contributed by atoms with Crippen LogP contribution in [-0.2, 0) is 24.2 Å². The number of hydrogen-bond acceptors (Lipinski definition) is 5. The van der Waals surface area contributed by atoms with Gasteiger partial charge in [0.25, 0.3) is 5.90 Å². The maximum atomic E-state index is 9.43. The highest BCUT2D eigenvalue weighted by molar-refractivity contribution is 5.94. The van der Waals surface area contributed by atoms with Gasteiger partial charge in [0, 0.05) is 12.3 Å². The molecule has 0 N–H and O–H groups in total. The monoisotopic (exact) mass is 361 g/mol. The van der Waals surface area contributed by atoms with E-state index in [9.17, 15) is 5.26 Å². The molecule has 2 aromatic rings. The predicted molar refractivity (Wildman–Crippen MR) is 106 cm³/mol. The van der Waals surface area contributed by atoms with Gasteiger partial charge in [-0.25, -0.2) is 4.99 Å². The van der Waals surface area contributed by atoms with Crippen molar-refractivity contribution in [2.24, 2.45) is 10.1 Å². The van der Waals surface area contributed by atoms with Gasteiger partial charge in [0.15, 0.2) is 0 Å². The largest absolute Gasteiger partial charge is 0.490 e. The maximum Gasteiger partial charge on any atom is 0.251 e. The molecule has 27 heavy (non-hydrogen) atoms. The molecule has 0 heterocycles. The van der Waals surface area contributed by atoms with Crippen molar-refractivity contribution in [2.45, 2.75) is 45.8 Å². The fraction of sp³-hybridized carbons (Fsp3) is 0.318. The predicted octanol–water partition coefficient (Wildman–Crippen LogP) is 4.41. The number of benzene rings is 2. The molecule has 0 atom stereocenters. The molecule has 3 rings (SSSR count). The average molecular weight is 361 g/mol. The standard InChI is InChI=1S/C22H23N3O2/c1-15(2)26-21-11-10-17(12-19(21)13-23)22(27-24-3)25-14-18-8-4-6-16-7-5-9-20(16)18/h4,6,8,10-12,15H,3,5,7,9,14H2,1-2H3/b25-22-. The first kappa shape index (κ1) is 18.7. The Labute approximate surface area is 159 Å². The van der Waals surface area contributed by atoms with Crippen LogP contribution in [0.1, 0.15) is 48.1 Å². The highest BCUT2D eigenvalue weighted by atomic mass is 16.6. The number of nitrogens with zero attached hydrogens (tertiary/aromatic N) is 3. The van der Waals surface area contributed by atoms with Crippen LogP contribution < -0.4 is 4.74 Å². The van der Waals surface area contributed by atoms with Crippen molar-refractivity contribution >= 4 is 12.6 Å². The summed E-state index contributed by atoms with van der Waals surface area (Å²) in [6.07, 6.45) is 3.41. The molecule has 5 heteroatoms. The lowest BCUT2D eigenvalue weighted by atomic mass is 10.0. The molecular weight excluding hydrogens is 338 g/mol. The molecule has 0 amide bonds. The van der Waals surface area contributed by atoms with Gasteiger partial charge in [0.05, 0.1) is 18.2 Å². The molecule has 2 aromatic carbocycles. The van der Waals surface area contributed by atoms with Crippen molar-refractivity contribution in [2.75, 3.05) is 0 Å². The minimum atomic E-state index is -0.0117. The van der Waals surface area contributed by atoms with Crippen LogP contribution in [-0.4, -0.2) is 18.7 Å². The summed E-state index contributed by atoms with van der Waals surface area (Å²) < 4.78 is 5.67. The Kier molecular flexibility index (Phi) is 5.87. The second-order valence-electron chi connectivity index (χ2n) is 6.74. The van der Waals surface area contributed by atoms with E-state index in [1.165, 1.54) is 23.1 Å². The van der Waals surface area contributed by atoms with E-state index in [2.05, 4.69) is 41.1 Å². The Morgan fingerprint density at radius 2 is 2.11 bits per heavy atom. The number of oxime groups is 1. The smallest absolute Gasteiger partial charge is 0.251 e. The van der Waals surface area contributed by atoms with E-state index in [1.54, 1.807) is 12.1 Å². The quantitative estimate of drug-likeness (QED) is 0.435. The fourth-order valence-corrected chi connectivity index (χ4v) is 3.34. The van der Waals surface area contributed by atoms with Crippen molar-refractivity contribution in [1.29, 1.82) is 5.26 Å². The van der Waals surface area contributed by atoms with Crippen LogP contribution in [0.5, 0.6) is 5.75 Å². The van der Waals surface area contributed by atoms with Crippen LogP contribution in [0.25, 0.3) is 0 Å². The molecule has 0 fully saturated rings. The van der Waals surface area contributed by atoms with E-state index in [1.807, 2.05) is 19.9 Å². The maximum absolute atomic E-state index is 9.43. The molecule has 0 unspecified atom stereocenters. The zero-order chi connectivity index (χ0) is 19.2. The third-order valence-corrected chi connectivity index (χ3v) is 4.50. The van der Waals surface area contributed by atoms with Crippen LogP contribution in [0.15, 0.2) is 46.5 Å². The first-order chi connectivity index (χ1) is 13.1. The van der Waals surface area contributed by atoms with Gasteiger partial charge >= 0.3 is 0 Å². The van der Waals surface area contributed by atoms with Crippen molar-refractivity contribution in [1.82, 2.24) is 0 Å². The number of nitriles is 1. The molecule has 0 saturated heterocycles. The molecule has 5 nitrogen and oxygen atoms in total. The van der Waals surface area contributed by atoms with Gasteiger partial charge in [-0.1, -0.05) is 23.4 Å². The highest BCUT2D eigenvalue weighted by Gasteiger charge is 2.15. The van der Waals surface area contributed by atoms with Gasteiger partial charge in [-0.05, 0) is 68.0 Å². The van der Waals surface area contributed by atoms with E-state index >= 15 is 0 Å². The molecule has 0 aliphatic heterocycles. The Balaban J connectivity index is 1.89.